The minimum Gasteiger partial charge on any atom is -0.497 e. The molecule has 158 valence electrons. The molecule has 2 aromatic carbocycles. The largest absolute Gasteiger partial charge is 0.497 e. The molecule has 8 heteroatoms. The van der Waals surface area contributed by atoms with Gasteiger partial charge in [-0.1, -0.05) is 36.3 Å². The molecule has 0 aliphatic heterocycles. The first-order chi connectivity index (χ1) is 14.5. The van der Waals surface area contributed by atoms with Crippen molar-refractivity contribution >= 4 is 5.91 Å². The molecule has 1 aromatic heterocycles. The van der Waals surface area contributed by atoms with Crippen molar-refractivity contribution in [1.29, 1.82) is 0 Å². The van der Waals surface area contributed by atoms with Gasteiger partial charge in [-0.25, -0.2) is 0 Å². The second-order valence-electron chi connectivity index (χ2n) is 6.60. The van der Waals surface area contributed by atoms with Gasteiger partial charge in [-0.05, 0) is 30.7 Å². The summed E-state index contributed by atoms with van der Waals surface area (Å²) in [6.07, 6.45) is -0.160. The van der Waals surface area contributed by atoms with Gasteiger partial charge in [-0.3, -0.25) is 4.79 Å². The molecule has 0 unspecified atom stereocenters. The van der Waals surface area contributed by atoms with E-state index in [0.29, 0.717) is 35.4 Å². The summed E-state index contributed by atoms with van der Waals surface area (Å²) in [5.74, 6) is 2.37. The van der Waals surface area contributed by atoms with E-state index in [1.165, 1.54) is 4.90 Å². The number of carbonyl (C=O) groups is 1. The van der Waals surface area contributed by atoms with Crippen LogP contribution in [0.5, 0.6) is 17.2 Å². The van der Waals surface area contributed by atoms with Crippen LogP contribution in [0.3, 0.4) is 0 Å². The van der Waals surface area contributed by atoms with Gasteiger partial charge in [0, 0.05) is 12.6 Å². The van der Waals surface area contributed by atoms with Gasteiger partial charge >= 0.3 is 0 Å². The summed E-state index contributed by atoms with van der Waals surface area (Å²) in [6, 6.07) is 14.6. The minimum absolute atomic E-state index is 0.168. The van der Waals surface area contributed by atoms with Crippen LogP contribution in [0.4, 0.5) is 0 Å². The predicted octanol–water partition coefficient (Wildman–Crippen LogP) is 3.57. The standard InChI is InChI=1S/C22H25N3O5/c1-5-17(29-19-12-7-6-11-18(19)28-4)22(26)25(2)14-20-23-21(24-30-20)15-9-8-10-16(13-15)27-3/h6-13,17H,5,14H2,1-4H3/t17-/m0/s1. The van der Waals surface area contributed by atoms with Crippen LogP contribution < -0.4 is 14.2 Å². The molecule has 30 heavy (non-hydrogen) atoms. The quantitative estimate of drug-likeness (QED) is 0.532. The molecule has 0 N–H and O–H groups in total. The van der Waals surface area contributed by atoms with E-state index in [4.69, 9.17) is 18.7 Å². The number of methoxy groups -OCH3 is 2. The molecule has 3 aromatic rings. The maximum Gasteiger partial charge on any atom is 0.263 e. The van der Waals surface area contributed by atoms with E-state index in [0.717, 1.165) is 5.56 Å². The number of para-hydroxylation sites is 2. The van der Waals surface area contributed by atoms with Gasteiger partial charge in [0.25, 0.3) is 5.91 Å². The van der Waals surface area contributed by atoms with Crippen LogP contribution in [-0.4, -0.2) is 48.3 Å². The van der Waals surface area contributed by atoms with Gasteiger partial charge in [0.2, 0.25) is 11.7 Å². The Kier molecular flexibility index (Phi) is 6.90. The first-order valence-corrected chi connectivity index (χ1v) is 9.57. The van der Waals surface area contributed by atoms with Crippen LogP contribution in [0.25, 0.3) is 11.4 Å². The van der Waals surface area contributed by atoms with E-state index in [-0.39, 0.29) is 12.5 Å². The fraction of sp³-hybridized carbons (Fsp3) is 0.318. The number of rotatable bonds is 9. The van der Waals surface area contributed by atoms with Crippen LogP contribution in [-0.2, 0) is 11.3 Å². The summed E-state index contributed by atoms with van der Waals surface area (Å²) >= 11 is 0. The number of hydrogen-bond acceptors (Lipinski definition) is 7. The zero-order chi connectivity index (χ0) is 21.5. The third-order valence-electron chi connectivity index (χ3n) is 4.53. The fourth-order valence-electron chi connectivity index (χ4n) is 2.90. The van der Waals surface area contributed by atoms with Gasteiger partial charge in [0.15, 0.2) is 17.6 Å². The minimum atomic E-state index is -0.660. The molecule has 3 rings (SSSR count). The first kappa shape index (κ1) is 21.2. The second-order valence-corrected chi connectivity index (χ2v) is 6.60. The van der Waals surface area contributed by atoms with Crippen molar-refractivity contribution in [3.63, 3.8) is 0 Å². The average Bonchev–Trinajstić information content (AvgIpc) is 3.25. The molecule has 0 spiro atoms. The Hall–Kier alpha value is -3.55. The molecular formula is C22H25N3O5. The van der Waals surface area contributed by atoms with Crippen LogP contribution in [0.2, 0.25) is 0 Å². The molecule has 0 saturated carbocycles. The molecule has 0 fully saturated rings. The Morgan fingerprint density at radius 1 is 1.10 bits per heavy atom. The van der Waals surface area contributed by atoms with Crippen molar-refractivity contribution in [1.82, 2.24) is 15.0 Å². The first-order valence-electron chi connectivity index (χ1n) is 9.57. The van der Waals surface area contributed by atoms with E-state index >= 15 is 0 Å². The molecule has 0 saturated heterocycles. The summed E-state index contributed by atoms with van der Waals surface area (Å²) in [6.45, 7) is 2.06. The lowest BCUT2D eigenvalue weighted by atomic mass is 10.2. The second kappa shape index (κ2) is 9.78. The molecule has 0 aliphatic carbocycles. The Labute approximate surface area is 175 Å². The highest BCUT2D eigenvalue weighted by Crippen LogP contribution is 2.28. The number of aromatic nitrogens is 2. The number of likely N-dealkylation sites (N-methyl/N-ethyl adjacent to an activating group) is 1. The van der Waals surface area contributed by atoms with E-state index in [9.17, 15) is 4.79 Å². The zero-order valence-electron chi connectivity index (χ0n) is 17.5. The summed E-state index contributed by atoms with van der Waals surface area (Å²) in [4.78, 5) is 18.8. The molecular weight excluding hydrogens is 386 g/mol. The lowest BCUT2D eigenvalue weighted by Gasteiger charge is -2.23. The summed E-state index contributed by atoms with van der Waals surface area (Å²) in [7, 11) is 4.83. The van der Waals surface area contributed by atoms with Crippen molar-refractivity contribution in [2.45, 2.75) is 26.0 Å². The van der Waals surface area contributed by atoms with E-state index in [1.54, 1.807) is 33.4 Å². The van der Waals surface area contributed by atoms with E-state index in [1.807, 2.05) is 43.3 Å². The normalized spacial score (nSPS) is 11.6. The number of benzene rings is 2. The van der Waals surface area contributed by atoms with Crippen molar-refractivity contribution < 1.29 is 23.5 Å². The summed E-state index contributed by atoms with van der Waals surface area (Å²) in [5, 5.41) is 4.00. The maximum atomic E-state index is 12.9. The molecule has 1 heterocycles. The van der Waals surface area contributed by atoms with Gasteiger partial charge in [0.1, 0.15) is 5.75 Å². The monoisotopic (exact) mass is 411 g/mol. The number of carbonyl (C=O) groups excluding carboxylic acids is 1. The third-order valence-corrected chi connectivity index (χ3v) is 4.53. The SMILES string of the molecule is CC[C@H](Oc1ccccc1OC)C(=O)N(C)Cc1nc(-c2cccc(OC)c2)no1. The van der Waals surface area contributed by atoms with Crippen LogP contribution in [0.1, 0.15) is 19.2 Å². The highest BCUT2D eigenvalue weighted by Gasteiger charge is 2.25. The molecule has 1 atom stereocenters. The van der Waals surface area contributed by atoms with Crippen molar-refractivity contribution in [2.75, 3.05) is 21.3 Å². The Balaban J connectivity index is 1.68. The highest BCUT2D eigenvalue weighted by molar-refractivity contribution is 5.81. The number of amides is 1. The van der Waals surface area contributed by atoms with Crippen LogP contribution >= 0.6 is 0 Å². The number of ether oxygens (including phenoxy) is 3. The lowest BCUT2D eigenvalue weighted by molar-refractivity contribution is -0.138. The van der Waals surface area contributed by atoms with Gasteiger partial charge in [-0.15, -0.1) is 0 Å². The van der Waals surface area contributed by atoms with Crippen LogP contribution in [0, 0.1) is 0 Å². The topological polar surface area (TPSA) is 86.9 Å². The lowest BCUT2D eigenvalue weighted by Crippen LogP contribution is -2.39. The summed E-state index contributed by atoms with van der Waals surface area (Å²) in [5.41, 5.74) is 0.768. The number of hydrogen-bond donors (Lipinski definition) is 0. The average molecular weight is 411 g/mol. The van der Waals surface area contributed by atoms with E-state index in [2.05, 4.69) is 10.1 Å². The van der Waals surface area contributed by atoms with Gasteiger partial charge in [-0.2, -0.15) is 4.98 Å². The van der Waals surface area contributed by atoms with Crippen molar-refractivity contribution in [3.05, 3.63) is 54.4 Å². The molecule has 0 aliphatic rings. The Morgan fingerprint density at radius 2 is 1.87 bits per heavy atom. The smallest absolute Gasteiger partial charge is 0.263 e. The molecule has 1 amide bonds. The zero-order valence-corrected chi connectivity index (χ0v) is 17.5. The number of nitrogens with zero attached hydrogens (tertiary/aromatic N) is 3. The van der Waals surface area contributed by atoms with Crippen LogP contribution in [0.15, 0.2) is 53.1 Å². The Bertz CT molecular complexity index is 988. The molecule has 8 nitrogen and oxygen atoms in total. The van der Waals surface area contributed by atoms with Crippen molar-refractivity contribution in [3.8, 4) is 28.6 Å². The maximum absolute atomic E-state index is 12.9. The highest BCUT2D eigenvalue weighted by atomic mass is 16.5. The fourth-order valence-corrected chi connectivity index (χ4v) is 2.90. The summed E-state index contributed by atoms with van der Waals surface area (Å²) < 4.78 is 21.8. The molecule has 0 radical (unpaired) electrons. The third kappa shape index (κ3) is 4.89. The predicted molar refractivity (Wildman–Crippen MR) is 110 cm³/mol. The molecule has 0 bridgehead atoms. The van der Waals surface area contributed by atoms with E-state index < -0.39 is 6.10 Å². The van der Waals surface area contributed by atoms with Crippen molar-refractivity contribution in [2.24, 2.45) is 0 Å². The Morgan fingerprint density at radius 3 is 2.57 bits per heavy atom. The van der Waals surface area contributed by atoms with Gasteiger partial charge < -0.3 is 23.6 Å². The van der Waals surface area contributed by atoms with Gasteiger partial charge in [0.05, 0.1) is 20.8 Å².